The number of hydrogen-bond acceptors (Lipinski definition) is 4. The van der Waals surface area contributed by atoms with E-state index >= 15 is 0 Å². The molecule has 0 aromatic heterocycles. The van der Waals surface area contributed by atoms with Gasteiger partial charge in [-0.3, -0.25) is 18.2 Å². The molecule has 0 heterocycles. The van der Waals surface area contributed by atoms with Crippen LogP contribution >= 0.6 is 7.82 Å². The lowest BCUT2D eigenvalue weighted by molar-refractivity contribution is 0.275. The van der Waals surface area contributed by atoms with Crippen molar-refractivity contribution in [3.05, 3.63) is 0 Å². The Labute approximate surface area is 80.3 Å². The van der Waals surface area contributed by atoms with Gasteiger partial charge in [-0.25, -0.2) is 4.57 Å². The highest BCUT2D eigenvalue weighted by atomic mass is 32.3. The van der Waals surface area contributed by atoms with E-state index in [1.54, 1.807) is 0 Å². The Morgan fingerprint density at radius 3 is 1.00 bits per heavy atom. The maximum atomic E-state index is 8.88. The number of rotatable bonds is 0. The Hall–Kier alpha value is 0.0500. The molecular formula is H7O11PS2. The van der Waals surface area contributed by atoms with E-state index in [0.29, 0.717) is 0 Å². The Morgan fingerprint density at radius 1 is 1.00 bits per heavy atom. The topological polar surface area (TPSA) is 210 Å². The minimum absolute atomic E-state index is 2.61. The van der Waals surface area contributed by atoms with Crippen molar-refractivity contribution in [2.45, 2.75) is 0 Å². The molecule has 0 fully saturated rings. The van der Waals surface area contributed by atoms with Gasteiger partial charge >= 0.3 is 18.2 Å². The molecule has 14 heteroatoms. The third-order valence-corrected chi connectivity index (χ3v) is 0. The highest BCUT2D eigenvalue weighted by molar-refractivity contribution is 7.79. The van der Waals surface area contributed by atoms with Crippen LogP contribution in [0.15, 0.2) is 0 Å². The van der Waals surface area contributed by atoms with Gasteiger partial charge in [0, 0.05) is 0 Å². The summed E-state index contributed by atoms with van der Waals surface area (Å²) in [6.07, 6.45) is 0. The standard InChI is InChI=1S/H3O4P.H2O4S.H2O3S/c2*1-5(2,3)4;1-4(2)3/h(H3,1,2,3,4);(H2,1,2,3,4);(H2,1,2,3). The summed E-state index contributed by atoms with van der Waals surface area (Å²) >= 11 is -2.61. The van der Waals surface area contributed by atoms with E-state index in [2.05, 4.69) is 0 Å². The number of phosphoric acid groups is 1. The zero-order valence-electron chi connectivity index (χ0n) is 6.03. The Kier molecular flexibility index (Phi) is 11.7. The summed E-state index contributed by atoms with van der Waals surface area (Å²) in [4.78, 5) is 21.6. The van der Waals surface area contributed by atoms with Gasteiger partial charge in [0.25, 0.3) is 11.4 Å². The van der Waals surface area contributed by atoms with Gasteiger partial charge in [0.2, 0.25) is 0 Å². The Morgan fingerprint density at radius 2 is 1.00 bits per heavy atom. The monoisotopic (exact) mass is 278 g/mol. The summed E-state index contributed by atoms with van der Waals surface area (Å²) in [5.74, 6) is 0. The van der Waals surface area contributed by atoms with E-state index in [1.165, 1.54) is 0 Å². The quantitative estimate of drug-likeness (QED) is 0.148. The van der Waals surface area contributed by atoms with Crippen molar-refractivity contribution >= 4 is 29.6 Å². The lowest BCUT2D eigenvalue weighted by Crippen LogP contribution is -1.89. The normalized spacial score (nSPS) is 10.9. The van der Waals surface area contributed by atoms with E-state index < -0.39 is 29.6 Å². The van der Waals surface area contributed by atoms with E-state index in [-0.39, 0.29) is 0 Å². The van der Waals surface area contributed by atoms with E-state index in [9.17, 15) is 0 Å². The van der Waals surface area contributed by atoms with Crippen molar-refractivity contribution < 1.29 is 50.1 Å². The van der Waals surface area contributed by atoms with E-state index in [0.717, 1.165) is 0 Å². The Balaban J connectivity index is -0.000000131. The molecule has 0 spiro atoms. The summed E-state index contributed by atoms with van der Waals surface area (Å²) in [5.41, 5.74) is 0. The lowest BCUT2D eigenvalue weighted by atomic mass is 15.8. The Bertz CT molecular complexity index is 258. The predicted molar refractivity (Wildman–Crippen MR) is 41.8 cm³/mol. The molecule has 0 aromatic carbocycles. The molecule has 0 atom stereocenters. The molecule has 7 N–H and O–H groups in total. The van der Waals surface area contributed by atoms with Crippen molar-refractivity contribution in [1.29, 1.82) is 0 Å². The van der Waals surface area contributed by atoms with Gasteiger partial charge in [0.15, 0.2) is 0 Å². The minimum Gasteiger partial charge on any atom is -0.303 e. The lowest BCUT2D eigenvalue weighted by Gasteiger charge is -1.82. The first-order valence-corrected chi connectivity index (χ1v) is 6.04. The molecule has 0 radical (unpaired) electrons. The van der Waals surface area contributed by atoms with Gasteiger partial charge in [-0.2, -0.15) is 12.6 Å². The highest BCUT2D eigenvalue weighted by Crippen LogP contribution is 2.25. The molecule has 90 valence electrons. The zero-order valence-corrected chi connectivity index (χ0v) is 8.55. The zero-order chi connectivity index (χ0) is 12.6. The van der Waals surface area contributed by atoms with Crippen LogP contribution in [0.1, 0.15) is 0 Å². The molecular weight excluding hydrogens is 271 g/mol. The first-order valence-electron chi connectivity index (χ1n) is 2.01. The third-order valence-electron chi connectivity index (χ3n) is 0. The molecule has 0 aliphatic rings. The van der Waals surface area contributed by atoms with Gasteiger partial charge in [0.05, 0.1) is 0 Å². The van der Waals surface area contributed by atoms with Crippen molar-refractivity contribution in [3.63, 3.8) is 0 Å². The largest absolute Gasteiger partial charge is 0.466 e. The molecule has 0 saturated carbocycles. The molecule has 11 nitrogen and oxygen atoms in total. The molecule has 0 amide bonds. The smallest absolute Gasteiger partial charge is 0.303 e. The van der Waals surface area contributed by atoms with Crippen molar-refractivity contribution in [3.8, 4) is 0 Å². The maximum Gasteiger partial charge on any atom is 0.466 e. The molecule has 0 unspecified atom stereocenters. The van der Waals surface area contributed by atoms with Gasteiger partial charge in [-0.05, 0) is 0 Å². The fourth-order valence-electron chi connectivity index (χ4n) is 0. The molecule has 0 aliphatic heterocycles. The van der Waals surface area contributed by atoms with E-state index in [4.69, 9.17) is 50.1 Å². The van der Waals surface area contributed by atoms with Crippen LogP contribution in [0, 0.1) is 0 Å². The summed E-state index contributed by atoms with van der Waals surface area (Å²) < 4.78 is 63.3. The fraction of sp³-hybridized carbons (Fsp3) is 0. The second-order valence-corrected chi connectivity index (χ2v) is 3.58. The second kappa shape index (κ2) is 8.37. The fourth-order valence-corrected chi connectivity index (χ4v) is 0. The summed E-state index contributed by atoms with van der Waals surface area (Å²) in [7, 11) is -9.31. The summed E-state index contributed by atoms with van der Waals surface area (Å²) in [6, 6.07) is 0. The van der Waals surface area contributed by atoms with Crippen LogP contribution in [-0.2, 0) is 26.3 Å². The summed E-state index contributed by atoms with van der Waals surface area (Å²) in [5, 5.41) is 0. The average molecular weight is 278 g/mol. The van der Waals surface area contributed by atoms with Crippen LogP contribution in [0.4, 0.5) is 0 Å². The molecule has 0 rings (SSSR count). The average Bonchev–Trinajstić information content (AvgIpc) is 1.45. The summed E-state index contributed by atoms with van der Waals surface area (Å²) in [6.45, 7) is 0. The van der Waals surface area contributed by atoms with Gasteiger partial charge in [-0.1, -0.05) is 0 Å². The first-order chi connectivity index (χ1) is 5.73. The first kappa shape index (κ1) is 19.6. The highest BCUT2D eigenvalue weighted by Gasteiger charge is 2.00. The molecule has 0 bridgehead atoms. The van der Waals surface area contributed by atoms with Crippen molar-refractivity contribution in [2.75, 3.05) is 0 Å². The van der Waals surface area contributed by atoms with Crippen molar-refractivity contribution in [2.24, 2.45) is 0 Å². The van der Waals surface area contributed by atoms with Crippen LogP contribution in [0.2, 0.25) is 0 Å². The molecule has 0 aromatic rings. The van der Waals surface area contributed by atoms with E-state index in [1.807, 2.05) is 0 Å². The van der Waals surface area contributed by atoms with Gasteiger partial charge in [-0.15, -0.1) is 0 Å². The van der Waals surface area contributed by atoms with Crippen LogP contribution in [0.25, 0.3) is 0 Å². The maximum absolute atomic E-state index is 8.88. The van der Waals surface area contributed by atoms with Crippen LogP contribution in [-0.4, -0.2) is 45.5 Å². The van der Waals surface area contributed by atoms with Crippen LogP contribution < -0.4 is 0 Å². The molecule has 0 saturated heterocycles. The molecule has 14 heavy (non-hydrogen) atoms. The predicted octanol–water partition coefficient (Wildman–Crippen LogP) is -1.90. The number of hydrogen-bond donors (Lipinski definition) is 7. The third kappa shape index (κ3) is 589000. The minimum atomic E-state index is -4.67. The van der Waals surface area contributed by atoms with Gasteiger partial charge < -0.3 is 14.7 Å². The van der Waals surface area contributed by atoms with Crippen molar-refractivity contribution in [1.82, 2.24) is 0 Å². The van der Waals surface area contributed by atoms with Gasteiger partial charge in [0.1, 0.15) is 0 Å². The molecule has 0 aliphatic carbocycles. The van der Waals surface area contributed by atoms with Crippen LogP contribution in [0.3, 0.4) is 0 Å². The SMILES string of the molecule is O=P(O)(O)O.O=S(=O)(O)O.O=S(O)O. The van der Waals surface area contributed by atoms with Crippen LogP contribution in [0.5, 0.6) is 0 Å². The second-order valence-electron chi connectivity index (χ2n) is 1.19.